The molecule has 1 aromatic carbocycles. The predicted molar refractivity (Wildman–Crippen MR) is 77.5 cm³/mol. The Kier molecular flexibility index (Phi) is 3.76. The molecule has 4 heteroatoms. The summed E-state index contributed by atoms with van der Waals surface area (Å²) in [6.45, 7) is 1.67. The second kappa shape index (κ2) is 5.51. The Morgan fingerprint density at radius 2 is 2.00 bits per heavy atom. The minimum atomic E-state index is 0.189. The smallest absolute Gasteiger partial charge is 0.227 e. The Hall–Kier alpha value is -1.06. The van der Waals surface area contributed by atoms with Gasteiger partial charge < -0.3 is 10.2 Å². The summed E-state index contributed by atoms with van der Waals surface area (Å²) in [5.74, 6) is 1.05. The highest BCUT2D eigenvalue weighted by molar-refractivity contribution is 6.18. The molecule has 1 unspecified atom stereocenters. The van der Waals surface area contributed by atoms with Crippen LogP contribution in [0.3, 0.4) is 0 Å². The lowest BCUT2D eigenvalue weighted by Crippen LogP contribution is -2.24. The molecule has 1 aliphatic carbocycles. The second-order valence-corrected chi connectivity index (χ2v) is 5.86. The van der Waals surface area contributed by atoms with E-state index in [0.29, 0.717) is 18.2 Å². The molecule has 102 valence electrons. The molecule has 1 atom stereocenters. The van der Waals surface area contributed by atoms with E-state index >= 15 is 0 Å². The minimum Gasteiger partial charge on any atom is -0.312 e. The molecule has 0 aromatic heterocycles. The van der Waals surface area contributed by atoms with Crippen molar-refractivity contribution < 1.29 is 4.79 Å². The third-order valence-electron chi connectivity index (χ3n) is 3.84. The quantitative estimate of drug-likeness (QED) is 0.840. The first-order valence-electron chi connectivity index (χ1n) is 6.95. The highest BCUT2D eigenvalue weighted by Crippen LogP contribution is 2.26. The summed E-state index contributed by atoms with van der Waals surface area (Å²) in [4.78, 5) is 13.8. The standard InChI is InChI=1S/C15H19ClN2O/c16-8-12-7-15(19)18(10-12)14-5-1-11(2-6-14)9-17-13-3-4-13/h1-2,5-6,12-13,17H,3-4,7-10H2. The highest BCUT2D eigenvalue weighted by atomic mass is 35.5. The van der Waals surface area contributed by atoms with Gasteiger partial charge >= 0.3 is 0 Å². The Bertz CT molecular complexity index is 456. The van der Waals surface area contributed by atoms with E-state index < -0.39 is 0 Å². The molecular weight excluding hydrogens is 260 g/mol. The molecule has 2 fully saturated rings. The molecule has 0 spiro atoms. The molecule has 3 nitrogen and oxygen atoms in total. The molecule has 1 heterocycles. The van der Waals surface area contributed by atoms with Crippen molar-refractivity contribution in [3.8, 4) is 0 Å². The third-order valence-corrected chi connectivity index (χ3v) is 4.28. The summed E-state index contributed by atoms with van der Waals surface area (Å²) < 4.78 is 0. The van der Waals surface area contributed by atoms with Gasteiger partial charge in [0.1, 0.15) is 0 Å². The molecule has 1 aromatic rings. The SMILES string of the molecule is O=C1CC(CCl)CN1c1ccc(CNC2CC2)cc1. The molecule has 1 aliphatic heterocycles. The van der Waals surface area contributed by atoms with Crippen LogP contribution >= 0.6 is 11.6 Å². The van der Waals surface area contributed by atoms with Crippen molar-refractivity contribution in [3.05, 3.63) is 29.8 Å². The normalized spacial score (nSPS) is 23.1. The average molecular weight is 279 g/mol. The van der Waals surface area contributed by atoms with Crippen molar-refractivity contribution in [2.75, 3.05) is 17.3 Å². The first kappa shape index (κ1) is 12.9. The molecule has 2 aliphatic rings. The first-order valence-corrected chi connectivity index (χ1v) is 7.48. The van der Waals surface area contributed by atoms with Crippen molar-refractivity contribution in [2.24, 2.45) is 5.92 Å². The van der Waals surface area contributed by atoms with Crippen LogP contribution in [0, 0.1) is 5.92 Å². The van der Waals surface area contributed by atoms with Crippen molar-refractivity contribution in [1.29, 1.82) is 0 Å². The van der Waals surface area contributed by atoms with E-state index in [4.69, 9.17) is 11.6 Å². The molecule has 1 N–H and O–H groups in total. The van der Waals surface area contributed by atoms with E-state index in [0.717, 1.165) is 24.8 Å². The van der Waals surface area contributed by atoms with Gasteiger partial charge in [-0.25, -0.2) is 0 Å². The van der Waals surface area contributed by atoms with Gasteiger partial charge in [0.25, 0.3) is 0 Å². The number of carbonyl (C=O) groups is 1. The zero-order valence-corrected chi connectivity index (χ0v) is 11.7. The number of nitrogens with zero attached hydrogens (tertiary/aromatic N) is 1. The van der Waals surface area contributed by atoms with Gasteiger partial charge in [-0.2, -0.15) is 0 Å². The van der Waals surface area contributed by atoms with Gasteiger partial charge in [0.05, 0.1) is 0 Å². The molecule has 0 bridgehead atoms. The summed E-state index contributed by atoms with van der Waals surface area (Å²) in [7, 11) is 0. The van der Waals surface area contributed by atoms with Gasteiger partial charge in [-0.1, -0.05) is 12.1 Å². The van der Waals surface area contributed by atoms with Crippen LogP contribution in [0.1, 0.15) is 24.8 Å². The molecule has 3 rings (SSSR count). The van der Waals surface area contributed by atoms with Crippen molar-refractivity contribution in [3.63, 3.8) is 0 Å². The van der Waals surface area contributed by atoms with E-state index in [9.17, 15) is 4.79 Å². The summed E-state index contributed by atoms with van der Waals surface area (Å²) in [5.41, 5.74) is 2.27. The monoisotopic (exact) mass is 278 g/mol. The topological polar surface area (TPSA) is 32.3 Å². The summed E-state index contributed by atoms with van der Waals surface area (Å²) in [5, 5.41) is 3.49. The van der Waals surface area contributed by atoms with Gasteiger partial charge in [0, 0.05) is 37.1 Å². The number of hydrogen-bond acceptors (Lipinski definition) is 2. The Morgan fingerprint density at radius 1 is 1.26 bits per heavy atom. The molecule has 19 heavy (non-hydrogen) atoms. The maximum Gasteiger partial charge on any atom is 0.227 e. The molecule has 1 saturated carbocycles. The van der Waals surface area contributed by atoms with Crippen LogP contribution in [-0.4, -0.2) is 24.4 Å². The fourth-order valence-electron chi connectivity index (χ4n) is 2.48. The second-order valence-electron chi connectivity index (χ2n) is 5.55. The van der Waals surface area contributed by atoms with E-state index in [-0.39, 0.29) is 5.91 Å². The minimum absolute atomic E-state index is 0.189. The number of rotatable bonds is 5. The van der Waals surface area contributed by atoms with Crippen LogP contribution in [-0.2, 0) is 11.3 Å². The van der Waals surface area contributed by atoms with E-state index in [1.165, 1.54) is 18.4 Å². The zero-order valence-electron chi connectivity index (χ0n) is 10.9. The van der Waals surface area contributed by atoms with Gasteiger partial charge in [-0.05, 0) is 36.5 Å². The molecule has 1 saturated heterocycles. The van der Waals surface area contributed by atoms with Crippen LogP contribution < -0.4 is 10.2 Å². The van der Waals surface area contributed by atoms with Crippen molar-refractivity contribution >= 4 is 23.2 Å². The Morgan fingerprint density at radius 3 is 2.58 bits per heavy atom. The lowest BCUT2D eigenvalue weighted by Gasteiger charge is -2.17. The number of nitrogens with one attached hydrogen (secondary N) is 1. The predicted octanol–water partition coefficient (Wildman–Crippen LogP) is 2.53. The summed E-state index contributed by atoms with van der Waals surface area (Å²) in [6.07, 6.45) is 3.19. The third kappa shape index (κ3) is 3.10. The van der Waals surface area contributed by atoms with E-state index in [1.54, 1.807) is 0 Å². The van der Waals surface area contributed by atoms with E-state index in [1.807, 2.05) is 17.0 Å². The number of hydrogen-bond donors (Lipinski definition) is 1. The Balaban J connectivity index is 1.63. The number of carbonyl (C=O) groups excluding carboxylic acids is 1. The van der Waals surface area contributed by atoms with Crippen LogP contribution in [0.25, 0.3) is 0 Å². The fourth-order valence-corrected chi connectivity index (χ4v) is 2.68. The van der Waals surface area contributed by atoms with Gasteiger partial charge in [-0.15, -0.1) is 11.6 Å². The first-order chi connectivity index (χ1) is 9.26. The van der Waals surface area contributed by atoms with Crippen LogP contribution in [0.4, 0.5) is 5.69 Å². The molecule has 0 radical (unpaired) electrons. The lowest BCUT2D eigenvalue weighted by atomic mass is 10.1. The highest BCUT2D eigenvalue weighted by Gasteiger charge is 2.29. The lowest BCUT2D eigenvalue weighted by molar-refractivity contribution is -0.117. The van der Waals surface area contributed by atoms with Crippen LogP contribution in [0.5, 0.6) is 0 Å². The van der Waals surface area contributed by atoms with Crippen LogP contribution in [0.2, 0.25) is 0 Å². The zero-order chi connectivity index (χ0) is 13.2. The average Bonchev–Trinajstić information content (AvgIpc) is 3.19. The maximum atomic E-state index is 11.9. The maximum absolute atomic E-state index is 11.9. The largest absolute Gasteiger partial charge is 0.312 e. The summed E-state index contributed by atoms with van der Waals surface area (Å²) >= 11 is 5.84. The van der Waals surface area contributed by atoms with Crippen molar-refractivity contribution in [1.82, 2.24) is 5.32 Å². The van der Waals surface area contributed by atoms with Crippen molar-refractivity contribution in [2.45, 2.75) is 31.8 Å². The van der Waals surface area contributed by atoms with Gasteiger partial charge in [0.15, 0.2) is 0 Å². The Labute approximate surface area is 118 Å². The number of alkyl halides is 1. The number of benzene rings is 1. The summed E-state index contributed by atoms with van der Waals surface area (Å²) in [6, 6.07) is 9.01. The van der Waals surface area contributed by atoms with E-state index in [2.05, 4.69) is 17.4 Å². The fraction of sp³-hybridized carbons (Fsp3) is 0.533. The van der Waals surface area contributed by atoms with Gasteiger partial charge in [-0.3, -0.25) is 4.79 Å². The molecular formula is C15H19ClN2O. The van der Waals surface area contributed by atoms with Crippen LogP contribution in [0.15, 0.2) is 24.3 Å². The molecule has 1 amide bonds. The number of halogens is 1. The number of amides is 1. The van der Waals surface area contributed by atoms with Gasteiger partial charge in [0.2, 0.25) is 5.91 Å². The number of anilines is 1.